The molecule has 0 unspecified atom stereocenters. The minimum absolute atomic E-state index is 0.0476. The van der Waals surface area contributed by atoms with Gasteiger partial charge in [-0.25, -0.2) is 17.9 Å². The first kappa shape index (κ1) is 19.9. The fraction of sp³-hybridized carbons (Fsp3) is 0.529. The van der Waals surface area contributed by atoms with Crippen molar-refractivity contribution in [2.75, 3.05) is 36.1 Å². The van der Waals surface area contributed by atoms with Gasteiger partial charge in [0.15, 0.2) is 0 Å². The zero-order chi connectivity index (χ0) is 19.6. The molecule has 2 aliphatic rings. The summed E-state index contributed by atoms with van der Waals surface area (Å²) in [5.41, 5.74) is 1.17. The van der Waals surface area contributed by atoms with E-state index in [0.29, 0.717) is 48.9 Å². The van der Waals surface area contributed by atoms with Gasteiger partial charge in [0.05, 0.1) is 17.0 Å². The number of carbonyl (C=O) groups is 2. The van der Waals surface area contributed by atoms with Crippen LogP contribution in [0.3, 0.4) is 0 Å². The summed E-state index contributed by atoms with van der Waals surface area (Å²) >= 11 is 6.30. The van der Waals surface area contributed by atoms with E-state index in [9.17, 15) is 18.0 Å². The molecule has 0 spiro atoms. The van der Waals surface area contributed by atoms with E-state index >= 15 is 0 Å². The summed E-state index contributed by atoms with van der Waals surface area (Å²) < 4.78 is 25.3. The van der Waals surface area contributed by atoms with Crippen LogP contribution in [0.4, 0.5) is 16.2 Å². The Morgan fingerprint density at radius 1 is 1.26 bits per heavy atom. The molecule has 8 nitrogen and oxygen atoms in total. The van der Waals surface area contributed by atoms with Crippen LogP contribution >= 0.6 is 11.6 Å². The highest BCUT2D eigenvalue weighted by Crippen LogP contribution is 2.31. The topological polar surface area (TPSA) is 98.8 Å². The van der Waals surface area contributed by atoms with Gasteiger partial charge in [0, 0.05) is 37.8 Å². The van der Waals surface area contributed by atoms with Gasteiger partial charge in [-0.05, 0) is 37.5 Å². The summed E-state index contributed by atoms with van der Waals surface area (Å²) in [5, 5.41) is 3.19. The lowest BCUT2D eigenvalue weighted by Gasteiger charge is -2.32. The van der Waals surface area contributed by atoms with Crippen LogP contribution in [0.25, 0.3) is 0 Å². The van der Waals surface area contributed by atoms with Crippen LogP contribution in [0, 0.1) is 0 Å². The molecule has 0 radical (unpaired) electrons. The van der Waals surface area contributed by atoms with Crippen molar-refractivity contribution in [2.24, 2.45) is 0 Å². The Balaban J connectivity index is 1.63. The van der Waals surface area contributed by atoms with Crippen molar-refractivity contribution in [1.82, 2.24) is 9.62 Å². The fourth-order valence-electron chi connectivity index (χ4n) is 3.47. The quantitative estimate of drug-likeness (QED) is 0.787. The average Bonchev–Trinajstić information content (AvgIpc) is 2.99. The van der Waals surface area contributed by atoms with Gasteiger partial charge in [0.2, 0.25) is 15.9 Å². The molecule has 0 aromatic heterocycles. The Bertz CT molecular complexity index is 845. The summed E-state index contributed by atoms with van der Waals surface area (Å²) in [5.74, 6) is 0.0476. The van der Waals surface area contributed by atoms with Gasteiger partial charge in [-0.2, -0.15) is 0 Å². The Morgan fingerprint density at radius 3 is 2.67 bits per heavy atom. The third-order valence-corrected chi connectivity index (χ3v) is 5.72. The fourth-order valence-corrected chi connectivity index (χ4v) is 4.55. The number of sulfonamides is 1. The second kappa shape index (κ2) is 8.04. The number of nitrogens with one attached hydrogen (secondary N) is 2. The molecule has 1 aromatic rings. The average molecular weight is 415 g/mol. The number of benzene rings is 1. The minimum atomic E-state index is -3.31. The number of rotatable bonds is 4. The maximum Gasteiger partial charge on any atom is 0.321 e. The molecule has 2 fully saturated rings. The Kier molecular flexibility index (Phi) is 5.92. The monoisotopic (exact) mass is 414 g/mol. The number of hydrogen-bond donors (Lipinski definition) is 2. The van der Waals surface area contributed by atoms with E-state index in [0.717, 1.165) is 19.1 Å². The number of hydrogen-bond acceptors (Lipinski definition) is 4. The zero-order valence-electron chi connectivity index (χ0n) is 15.1. The van der Waals surface area contributed by atoms with Gasteiger partial charge in [-0.15, -0.1) is 0 Å². The summed E-state index contributed by atoms with van der Waals surface area (Å²) in [6.07, 6.45) is 3.86. The SMILES string of the molecule is CS(=O)(=O)N[C@H]1CCCN(C(=O)Nc2ccc(N3CCCC3=O)c(Cl)c2)C1. The summed E-state index contributed by atoms with van der Waals surface area (Å²) in [6.45, 7) is 1.52. The van der Waals surface area contributed by atoms with Crippen molar-refractivity contribution in [2.45, 2.75) is 31.7 Å². The molecule has 3 rings (SSSR count). The van der Waals surface area contributed by atoms with Crippen LogP contribution in [-0.4, -0.2) is 57.2 Å². The van der Waals surface area contributed by atoms with Crippen molar-refractivity contribution in [1.29, 1.82) is 0 Å². The van der Waals surface area contributed by atoms with Gasteiger partial charge >= 0.3 is 6.03 Å². The van der Waals surface area contributed by atoms with Crippen LogP contribution in [0.5, 0.6) is 0 Å². The second-order valence-electron chi connectivity index (χ2n) is 6.92. The number of carbonyl (C=O) groups excluding carboxylic acids is 2. The Morgan fingerprint density at radius 2 is 2.04 bits per heavy atom. The molecule has 2 saturated heterocycles. The molecule has 2 aliphatic heterocycles. The molecular formula is C17H23ClN4O4S. The zero-order valence-corrected chi connectivity index (χ0v) is 16.6. The molecule has 0 saturated carbocycles. The van der Waals surface area contributed by atoms with E-state index in [4.69, 9.17) is 11.6 Å². The maximum atomic E-state index is 12.5. The van der Waals surface area contributed by atoms with E-state index in [1.54, 1.807) is 28.0 Å². The van der Waals surface area contributed by atoms with E-state index < -0.39 is 10.0 Å². The van der Waals surface area contributed by atoms with Gasteiger partial charge in [0.1, 0.15) is 0 Å². The molecule has 148 valence electrons. The number of urea groups is 1. The number of likely N-dealkylation sites (tertiary alicyclic amines) is 1. The van der Waals surface area contributed by atoms with Crippen LogP contribution < -0.4 is 14.9 Å². The summed E-state index contributed by atoms with van der Waals surface area (Å²) in [6, 6.07) is 4.46. The summed E-state index contributed by atoms with van der Waals surface area (Å²) in [7, 11) is -3.31. The molecule has 2 heterocycles. The van der Waals surface area contributed by atoms with Crippen LogP contribution in [0.15, 0.2) is 18.2 Å². The van der Waals surface area contributed by atoms with Crippen LogP contribution in [0.1, 0.15) is 25.7 Å². The molecule has 0 aliphatic carbocycles. The van der Waals surface area contributed by atoms with Crippen LogP contribution in [0.2, 0.25) is 5.02 Å². The second-order valence-corrected chi connectivity index (χ2v) is 9.11. The van der Waals surface area contributed by atoms with Gasteiger partial charge in [-0.3, -0.25) is 4.79 Å². The lowest BCUT2D eigenvalue weighted by atomic mass is 10.1. The molecular weight excluding hydrogens is 392 g/mol. The van der Waals surface area contributed by atoms with Crippen molar-refractivity contribution >= 4 is 44.9 Å². The third-order valence-electron chi connectivity index (χ3n) is 4.65. The molecule has 10 heteroatoms. The highest BCUT2D eigenvalue weighted by Gasteiger charge is 2.26. The number of amides is 3. The van der Waals surface area contributed by atoms with E-state index in [1.807, 2.05) is 0 Å². The number of halogens is 1. The van der Waals surface area contributed by atoms with E-state index in [-0.39, 0.29) is 18.0 Å². The standard InChI is InChI=1S/C17H23ClN4O4S/c1-27(25,26)20-13-4-2-8-21(11-13)17(24)19-12-6-7-15(14(18)10-12)22-9-3-5-16(22)23/h6-7,10,13,20H,2-5,8-9,11H2,1H3,(H,19,24)/t13-/m0/s1. The molecule has 0 bridgehead atoms. The van der Waals surface area contributed by atoms with E-state index in [2.05, 4.69) is 10.0 Å². The highest BCUT2D eigenvalue weighted by atomic mass is 35.5. The predicted molar refractivity (Wildman–Crippen MR) is 105 cm³/mol. The summed E-state index contributed by atoms with van der Waals surface area (Å²) in [4.78, 5) is 27.6. The third kappa shape index (κ3) is 5.12. The van der Waals surface area contributed by atoms with Crippen molar-refractivity contribution in [3.63, 3.8) is 0 Å². The Hall–Kier alpha value is -1.84. The van der Waals surface area contributed by atoms with E-state index in [1.165, 1.54) is 0 Å². The lowest BCUT2D eigenvalue weighted by molar-refractivity contribution is -0.117. The lowest BCUT2D eigenvalue weighted by Crippen LogP contribution is -2.50. The number of nitrogens with zero attached hydrogens (tertiary/aromatic N) is 2. The molecule has 27 heavy (non-hydrogen) atoms. The first-order valence-electron chi connectivity index (χ1n) is 8.86. The largest absolute Gasteiger partial charge is 0.323 e. The highest BCUT2D eigenvalue weighted by molar-refractivity contribution is 7.88. The minimum Gasteiger partial charge on any atom is -0.323 e. The Labute approximate surface area is 163 Å². The van der Waals surface area contributed by atoms with Gasteiger partial charge in [0.25, 0.3) is 0 Å². The normalized spacial score (nSPS) is 20.8. The predicted octanol–water partition coefficient (Wildman–Crippen LogP) is 2.01. The molecule has 2 N–H and O–H groups in total. The van der Waals surface area contributed by atoms with Crippen LogP contribution in [-0.2, 0) is 14.8 Å². The van der Waals surface area contributed by atoms with Crippen molar-refractivity contribution in [3.8, 4) is 0 Å². The van der Waals surface area contributed by atoms with Gasteiger partial charge in [-0.1, -0.05) is 11.6 Å². The molecule has 1 atom stereocenters. The number of piperidine rings is 1. The maximum absolute atomic E-state index is 12.5. The van der Waals surface area contributed by atoms with Gasteiger partial charge < -0.3 is 15.1 Å². The first-order valence-corrected chi connectivity index (χ1v) is 11.1. The molecule has 1 aromatic carbocycles. The van der Waals surface area contributed by atoms with Crippen molar-refractivity contribution < 1.29 is 18.0 Å². The first-order chi connectivity index (χ1) is 12.7. The number of anilines is 2. The molecule has 3 amide bonds. The van der Waals surface area contributed by atoms with Crippen molar-refractivity contribution in [3.05, 3.63) is 23.2 Å². The smallest absolute Gasteiger partial charge is 0.321 e.